The maximum atomic E-state index is 14.7. The zero-order chi connectivity index (χ0) is 32.1. The molecule has 2 aromatic heterocycles. The number of allylic oxidation sites excluding steroid dienone is 3. The lowest BCUT2D eigenvalue weighted by Crippen LogP contribution is -2.54. The molecule has 0 spiro atoms. The van der Waals surface area contributed by atoms with E-state index in [0.717, 1.165) is 48.4 Å². The molecule has 0 atom stereocenters. The number of fused-ring (bicyclic) bond motifs is 1. The van der Waals surface area contributed by atoms with Crippen LogP contribution in [0.15, 0.2) is 53.9 Å². The Bertz CT molecular complexity index is 1680. The smallest absolute Gasteiger partial charge is 0.269 e. The van der Waals surface area contributed by atoms with E-state index in [0.29, 0.717) is 31.3 Å². The highest BCUT2D eigenvalue weighted by Crippen LogP contribution is 2.32. The van der Waals surface area contributed by atoms with E-state index in [-0.39, 0.29) is 24.7 Å². The van der Waals surface area contributed by atoms with E-state index in [1.807, 2.05) is 25.1 Å². The quantitative estimate of drug-likeness (QED) is 0.105. The Morgan fingerprint density at radius 2 is 2.04 bits per heavy atom. The molecule has 0 amide bonds. The summed E-state index contributed by atoms with van der Waals surface area (Å²) in [6.45, 7) is 13.1. The molecular formula is C35H40FN5O4. The number of carbonyl (C=O) groups excluding carboxylic acids is 1. The van der Waals surface area contributed by atoms with Gasteiger partial charge in [0.15, 0.2) is 11.5 Å². The highest BCUT2D eigenvalue weighted by atomic mass is 19.1. The van der Waals surface area contributed by atoms with Gasteiger partial charge < -0.3 is 14.2 Å². The number of halogens is 1. The molecule has 0 radical (unpaired) electrons. The van der Waals surface area contributed by atoms with E-state index in [1.54, 1.807) is 19.1 Å². The highest BCUT2D eigenvalue weighted by molar-refractivity contribution is 6.09. The lowest BCUT2D eigenvalue weighted by Gasteiger charge is -2.40. The van der Waals surface area contributed by atoms with Crippen LogP contribution in [0, 0.1) is 18.3 Å². The van der Waals surface area contributed by atoms with Crippen LogP contribution in [0.2, 0.25) is 0 Å². The molecule has 1 aromatic carbocycles. The Morgan fingerprint density at radius 3 is 2.71 bits per heavy atom. The van der Waals surface area contributed by atoms with Gasteiger partial charge in [-0.15, -0.1) is 0 Å². The highest BCUT2D eigenvalue weighted by Gasteiger charge is 2.41. The van der Waals surface area contributed by atoms with E-state index in [4.69, 9.17) is 24.5 Å². The van der Waals surface area contributed by atoms with E-state index < -0.39 is 11.5 Å². The van der Waals surface area contributed by atoms with Crippen LogP contribution < -0.4 is 4.74 Å². The van der Waals surface area contributed by atoms with Crippen LogP contribution in [0.25, 0.3) is 11.4 Å². The second-order valence-electron chi connectivity index (χ2n) is 11.6. The van der Waals surface area contributed by atoms with Crippen LogP contribution in [0.5, 0.6) is 5.88 Å². The largest absolute Gasteiger partial charge is 0.488 e. The topological polar surface area (TPSA) is 102 Å². The van der Waals surface area contributed by atoms with Gasteiger partial charge in [0.05, 0.1) is 31.7 Å². The number of hydrogen-bond donors (Lipinski definition) is 0. The molecule has 2 aliphatic heterocycles. The summed E-state index contributed by atoms with van der Waals surface area (Å²) >= 11 is 0. The lowest BCUT2D eigenvalue weighted by atomic mass is 9.91. The minimum atomic E-state index is -1.22. The Morgan fingerprint density at radius 1 is 1.24 bits per heavy atom. The Kier molecular flexibility index (Phi) is 9.80. The normalized spacial score (nSPS) is 16.7. The molecule has 3 aromatic rings. The molecule has 1 fully saturated rings. The van der Waals surface area contributed by atoms with Crippen molar-refractivity contribution >= 4 is 11.4 Å². The first-order valence-electron chi connectivity index (χ1n) is 15.4. The van der Waals surface area contributed by atoms with Gasteiger partial charge in [-0.05, 0) is 80.5 Å². The number of nitriles is 1. The SMILES string of the molecule is C/C=C(\C(OCc1ccc2c(c1C)CCN(CC1(F)COC1)C2)=C(\C)CC)c1cccc(-n2ncc(C(=O)C#N)c2OCC)n1. The van der Waals surface area contributed by atoms with Gasteiger partial charge in [-0.2, -0.15) is 15.0 Å². The predicted molar refractivity (Wildman–Crippen MR) is 169 cm³/mol. The lowest BCUT2D eigenvalue weighted by molar-refractivity contribution is -0.142. The minimum absolute atomic E-state index is 0.0935. The van der Waals surface area contributed by atoms with Crippen molar-refractivity contribution in [1.29, 1.82) is 5.26 Å². The van der Waals surface area contributed by atoms with Gasteiger partial charge in [0.1, 0.15) is 24.0 Å². The van der Waals surface area contributed by atoms with Crippen molar-refractivity contribution in [3.05, 3.63) is 87.4 Å². The Balaban J connectivity index is 1.38. The van der Waals surface area contributed by atoms with Gasteiger partial charge in [0, 0.05) is 25.2 Å². The van der Waals surface area contributed by atoms with Crippen molar-refractivity contribution in [2.24, 2.45) is 0 Å². The zero-order valence-electron chi connectivity index (χ0n) is 26.7. The summed E-state index contributed by atoms with van der Waals surface area (Å²) in [7, 11) is 0. The fourth-order valence-electron chi connectivity index (χ4n) is 5.87. The summed E-state index contributed by atoms with van der Waals surface area (Å²) in [5.74, 6) is 0.664. The van der Waals surface area contributed by atoms with Crippen LogP contribution in [-0.4, -0.2) is 64.0 Å². The molecule has 1 saturated heterocycles. The molecule has 10 heteroatoms. The number of alkyl halides is 1. The Labute approximate surface area is 263 Å². The molecular weight excluding hydrogens is 573 g/mol. The molecule has 0 bridgehead atoms. The Hall–Kier alpha value is -4.33. The maximum absolute atomic E-state index is 14.7. The molecule has 0 unspecified atom stereocenters. The van der Waals surface area contributed by atoms with Gasteiger partial charge in [-0.1, -0.05) is 31.2 Å². The number of rotatable bonds is 12. The monoisotopic (exact) mass is 613 g/mol. The summed E-state index contributed by atoms with van der Waals surface area (Å²) < 4.78 is 33.5. The van der Waals surface area contributed by atoms with Gasteiger partial charge >= 0.3 is 0 Å². The third-order valence-corrected chi connectivity index (χ3v) is 8.51. The summed E-state index contributed by atoms with van der Waals surface area (Å²) in [5, 5.41) is 13.5. The van der Waals surface area contributed by atoms with Crippen LogP contribution in [0.3, 0.4) is 0 Å². The van der Waals surface area contributed by atoms with Gasteiger partial charge in [0.2, 0.25) is 5.88 Å². The molecule has 0 saturated carbocycles. The number of hydrogen-bond acceptors (Lipinski definition) is 8. The van der Waals surface area contributed by atoms with Crippen molar-refractivity contribution in [3.63, 3.8) is 0 Å². The zero-order valence-corrected chi connectivity index (χ0v) is 26.7. The number of benzene rings is 1. The minimum Gasteiger partial charge on any atom is -0.488 e. The van der Waals surface area contributed by atoms with Crippen LogP contribution in [0.4, 0.5) is 4.39 Å². The third kappa shape index (κ3) is 6.70. The number of Topliss-reactive ketones (excluding diaryl/α,β-unsaturated/α-hetero) is 1. The van der Waals surface area contributed by atoms with E-state index in [1.165, 1.54) is 27.6 Å². The van der Waals surface area contributed by atoms with E-state index in [2.05, 4.69) is 42.9 Å². The third-order valence-electron chi connectivity index (χ3n) is 8.51. The fourth-order valence-corrected chi connectivity index (χ4v) is 5.87. The van der Waals surface area contributed by atoms with E-state index in [9.17, 15) is 9.18 Å². The maximum Gasteiger partial charge on any atom is 0.269 e. The first-order valence-corrected chi connectivity index (χ1v) is 15.4. The van der Waals surface area contributed by atoms with Crippen LogP contribution >= 0.6 is 0 Å². The molecule has 2 aliphatic rings. The molecule has 45 heavy (non-hydrogen) atoms. The number of pyridine rings is 1. The van der Waals surface area contributed by atoms with Crippen molar-refractivity contribution in [3.8, 4) is 17.8 Å². The average Bonchev–Trinajstić information content (AvgIpc) is 3.46. The molecule has 0 aliphatic carbocycles. The fraction of sp³-hybridized carbons (Fsp3) is 0.429. The second-order valence-corrected chi connectivity index (χ2v) is 11.6. The summed E-state index contributed by atoms with van der Waals surface area (Å²) in [6.07, 6.45) is 4.98. The van der Waals surface area contributed by atoms with Gasteiger partial charge in [-0.25, -0.2) is 9.37 Å². The van der Waals surface area contributed by atoms with Crippen LogP contribution in [-0.2, 0) is 29.0 Å². The first-order chi connectivity index (χ1) is 21.7. The average molecular weight is 614 g/mol. The van der Waals surface area contributed by atoms with Crippen molar-refractivity contribution in [1.82, 2.24) is 19.7 Å². The summed E-state index contributed by atoms with van der Waals surface area (Å²) in [5.41, 5.74) is 6.36. The molecule has 236 valence electrons. The molecule has 9 nitrogen and oxygen atoms in total. The van der Waals surface area contributed by atoms with Crippen molar-refractivity contribution in [2.75, 3.05) is 32.9 Å². The second kappa shape index (κ2) is 13.8. The number of nitrogens with zero attached hydrogens (tertiary/aromatic N) is 5. The number of ether oxygens (including phenoxy) is 3. The van der Waals surface area contributed by atoms with Gasteiger partial charge in [0.25, 0.3) is 5.78 Å². The van der Waals surface area contributed by atoms with Gasteiger partial charge in [-0.3, -0.25) is 9.69 Å². The standard InChI is InChI=1S/C35H40FN5O4/c1-6-23(4)33(45-19-26-13-12-25-18-40(15-14-28(25)24(26)5)20-35(36)21-43-22-35)27(7-2)30-10-9-11-32(39-30)41-34(44-8-3)29(17-38-41)31(42)16-37/h7,9-13,17H,6,8,14-15,18-22H2,1-5H3/b27-7-,33-23+. The van der Waals surface area contributed by atoms with E-state index >= 15 is 0 Å². The number of aromatic nitrogens is 3. The predicted octanol–water partition coefficient (Wildman–Crippen LogP) is 6.08. The first kappa shape index (κ1) is 32.1. The number of carbonyl (C=O) groups is 1. The molecule has 4 heterocycles. The molecule has 5 rings (SSSR count). The summed E-state index contributed by atoms with van der Waals surface area (Å²) in [4.78, 5) is 19.2. The van der Waals surface area contributed by atoms with Crippen LogP contribution in [0.1, 0.15) is 72.4 Å². The van der Waals surface area contributed by atoms with Crippen molar-refractivity contribution in [2.45, 2.75) is 66.3 Å². The number of ketones is 1. The molecule has 0 N–H and O–H groups in total. The van der Waals surface area contributed by atoms with Crippen molar-refractivity contribution < 1.29 is 23.4 Å². The summed E-state index contributed by atoms with van der Waals surface area (Å²) in [6, 6.07) is 11.5.